The molecule has 0 aliphatic carbocycles. The maximum Gasteiger partial charge on any atom is 0.260 e. The minimum Gasteiger partial charge on any atom is -0.484 e. The van der Waals surface area contributed by atoms with Crippen molar-refractivity contribution in [2.45, 2.75) is 13.0 Å². The Kier molecular flexibility index (Phi) is 5.00. The standard InChI is InChI=1S/C17H18FN3O3/c1-12-6-7-19-17(20-12)15-10-21(8-9-23-15)16(22)11-24-14-4-2-13(18)3-5-14/h2-7,15H,8-11H2,1H3/t15-/m0/s1. The molecule has 3 rings (SSSR count). The van der Waals surface area contributed by atoms with Crippen molar-refractivity contribution in [3.05, 3.63) is 53.9 Å². The molecule has 24 heavy (non-hydrogen) atoms. The van der Waals surface area contributed by atoms with Gasteiger partial charge in [0, 0.05) is 18.4 Å². The molecule has 2 heterocycles. The third-order valence-corrected chi connectivity index (χ3v) is 3.70. The number of hydrogen-bond acceptors (Lipinski definition) is 5. The van der Waals surface area contributed by atoms with Gasteiger partial charge in [0.1, 0.15) is 17.7 Å². The summed E-state index contributed by atoms with van der Waals surface area (Å²) in [4.78, 5) is 22.6. The van der Waals surface area contributed by atoms with Crippen LogP contribution >= 0.6 is 0 Å². The van der Waals surface area contributed by atoms with Crippen molar-refractivity contribution in [2.75, 3.05) is 26.3 Å². The highest BCUT2D eigenvalue weighted by molar-refractivity contribution is 5.77. The molecule has 0 radical (unpaired) electrons. The van der Waals surface area contributed by atoms with Crippen LogP contribution in [0.15, 0.2) is 36.5 Å². The summed E-state index contributed by atoms with van der Waals surface area (Å²) in [7, 11) is 0. The Morgan fingerprint density at radius 2 is 2.17 bits per heavy atom. The number of nitrogens with zero attached hydrogens (tertiary/aromatic N) is 3. The predicted octanol–water partition coefficient (Wildman–Crippen LogP) is 1.90. The lowest BCUT2D eigenvalue weighted by Crippen LogP contribution is -2.44. The SMILES string of the molecule is Cc1ccnc([C@@H]2CN(C(=O)COc3ccc(F)cc3)CCO2)n1. The highest BCUT2D eigenvalue weighted by atomic mass is 19.1. The van der Waals surface area contributed by atoms with Crippen LogP contribution in [0.2, 0.25) is 0 Å². The van der Waals surface area contributed by atoms with Crippen molar-refractivity contribution in [3.8, 4) is 5.75 Å². The first kappa shape index (κ1) is 16.3. The molecule has 1 aliphatic heterocycles. The Hall–Kier alpha value is -2.54. The summed E-state index contributed by atoms with van der Waals surface area (Å²) in [6, 6.07) is 7.38. The Bertz CT molecular complexity index is 708. The van der Waals surface area contributed by atoms with Crippen molar-refractivity contribution >= 4 is 5.91 Å². The van der Waals surface area contributed by atoms with Crippen molar-refractivity contribution in [1.29, 1.82) is 0 Å². The number of rotatable bonds is 4. The number of amides is 1. The van der Waals surface area contributed by atoms with Gasteiger partial charge in [0.05, 0.1) is 13.2 Å². The van der Waals surface area contributed by atoms with E-state index in [0.717, 1.165) is 5.69 Å². The predicted molar refractivity (Wildman–Crippen MR) is 83.9 cm³/mol. The van der Waals surface area contributed by atoms with Crippen LogP contribution in [-0.4, -0.2) is 47.1 Å². The molecule has 1 atom stereocenters. The molecule has 1 saturated heterocycles. The fraction of sp³-hybridized carbons (Fsp3) is 0.353. The topological polar surface area (TPSA) is 64.6 Å². The van der Waals surface area contributed by atoms with Gasteiger partial charge in [0.15, 0.2) is 12.4 Å². The summed E-state index contributed by atoms with van der Waals surface area (Å²) in [5.41, 5.74) is 0.853. The maximum atomic E-state index is 12.9. The van der Waals surface area contributed by atoms with Gasteiger partial charge in [-0.3, -0.25) is 4.79 Å². The Morgan fingerprint density at radius 1 is 1.38 bits per heavy atom. The van der Waals surface area contributed by atoms with Crippen LogP contribution in [0.25, 0.3) is 0 Å². The molecular weight excluding hydrogens is 313 g/mol. The highest BCUT2D eigenvalue weighted by Crippen LogP contribution is 2.19. The monoisotopic (exact) mass is 331 g/mol. The zero-order chi connectivity index (χ0) is 16.9. The average Bonchev–Trinajstić information content (AvgIpc) is 2.61. The summed E-state index contributed by atoms with van der Waals surface area (Å²) in [6.45, 7) is 3.08. The summed E-state index contributed by atoms with van der Waals surface area (Å²) >= 11 is 0. The van der Waals surface area contributed by atoms with Crippen LogP contribution in [0.5, 0.6) is 5.75 Å². The van der Waals surface area contributed by atoms with E-state index in [2.05, 4.69) is 9.97 Å². The number of ether oxygens (including phenoxy) is 2. The van der Waals surface area contributed by atoms with Crippen LogP contribution in [0.1, 0.15) is 17.6 Å². The van der Waals surface area contributed by atoms with Gasteiger partial charge in [-0.2, -0.15) is 0 Å². The minimum atomic E-state index is -0.345. The summed E-state index contributed by atoms with van der Waals surface area (Å²) in [6.07, 6.45) is 1.34. The zero-order valence-corrected chi connectivity index (χ0v) is 13.3. The lowest BCUT2D eigenvalue weighted by Gasteiger charge is -2.32. The Morgan fingerprint density at radius 3 is 2.92 bits per heavy atom. The number of benzene rings is 1. The molecule has 0 saturated carbocycles. The highest BCUT2D eigenvalue weighted by Gasteiger charge is 2.27. The van der Waals surface area contributed by atoms with E-state index in [-0.39, 0.29) is 24.4 Å². The van der Waals surface area contributed by atoms with Crippen LogP contribution in [0.4, 0.5) is 4.39 Å². The number of morpholine rings is 1. The van der Waals surface area contributed by atoms with E-state index >= 15 is 0 Å². The Balaban J connectivity index is 1.57. The summed E-state index contributed by atoms with van der Waals surface area (Å²) < 4.78 is 23.9. The zero-order valence-electron chi connectivity index (χ0n) is 13.3. The fourth-order valence-electron chi connectivity index (χ4n) is 2.42. The fourth-order valence-corrected chi connectivity index (χ4v) is 2.42. The van der Waals surface area contributed by atoms with E-state index in [1.54, 1.807) is 11.1 Å². The molecule has 1 aromatic carbocycles. The number of hydrogen-bond donors (Lipinski definition) is 0. The van der Waals surface area contributed by atoms with Gasteiger partial charge < -0.3 is 14.4 Å². The van der Waals surface area contributed by atoms with E-state index in [4.69, 9.17) is 9.47 Å². The number of carbonyl (C=O) groups is 1. The normalized spacial score (nSPS) is 17.6. The lowest BCUT2D eigenvalue weighted by molar-refractivity contribution is -0.141. The van der Waals surface area contributed by atoms with E-state index in [0.29, 0.717) is 31.3 Å². The smallest absolute Gasteiger partial charge is 0.260 e. The number of aromatic nitrogens is 2. The summed E-state index contributed by atoms with van der Waals surface area (Å²) in [5.74, 6) is 0.534. The van der Waals surface area contributed by atoms with E-state index < -0.39 is 0 Å². The van der Waals surface area contributed by atoms with Crippen LogP contribution in [0, 0.1) is 12.7 Å². The van der Waals surface area contributed by atoms with Gasteiger partial charge in [-0.15, -0.1) is 0 Å². The van der Waals surface area contributed by atoms with Crippen LogP contribution in [-0.2, 0) is 9.53 Å². The molecule has 0 bridgehead atoms. The molecule has 1 amide bonds. The van der Waals surface area contributed by atoms with Gasteiger partial charge in [0.25, 0.3) is 5.91 Å². The molecule has 126 valence electrons. The number of carbonyl (C=O) groups excluding carboxylic acids is 1. The van der Waals surface area contributed by atoms with Gasteiger partial charge in [-0.25, -0.2) is 14.4 Å². The first-order valence-electron chi connectivity index (χ1n) is 7.69. The second-order valence-electron chi connectivity index (χ2n) is 5.50. The maximum absolute atomic E-state index is 12.9. The van der Waals surface area contributed by atoms with Crippen molar-refractivity contribution in [2.24, 2.45) is 0 Å². The molecule has 6 nitrogen and oxygen atoms in total. The van der Waals surface area contributed by atoms with Gasteiger partial charge in [-0.1, -0.05) is 0 Å². The molecular formula is C17H18FN3O3. The van der Waals surface area contributed by atoms with E-state index in [1.165, 1.54) is 24.3 Å². The number of aryl methyl sites for hydroxylation is 1. The first-order valence-corrected chi connectivity index (χ1v) is 7.69. The largest absolute Gasteiger partial charge is 0.484 e. The average molecular weight is 331 g/mol. The molecule has 7 heteroatoms. The second kappa shape index (κ2) is 7.35. The minimum absolute atomic E-state index is 0.104. The molecule has 0 unspecified atom stereocenters. The van der Waals surface area contributed by atoms with Crippen LogP contribution < -0.4 is 4.74 Å². The molecule has 1 fully saturated rings. The molecule has 1 aliphatic rings. The quantitative estimate of drug-likeness (QED) is 0.856. The molecule has 0 N–H and O–H groups in total. The van der Waals surface area contributed by atoms with Crippen molar-refractivity contribution in [1.82, 2.24) is 14.9 Å². The molecule has 0 spiro atoms. The molecule has 1 aromatic heterocycles. The third-order valence-electron chi connectivity index (χ3n) is 3.70. The van der Waals surface area contributed by atoms with E-state index in [1.807, 2.05) is 13.0 Å². The first-order chi connectivity index (χ1) is 11.6. The summed E-state index contributed by atoms with van der Waals surface area (Å²) in [5, 5.41) is 0. The van der Waals surface area contributed by atoms with Gasteiger partial charge in [-0.05, 0) is 37.3 Å². The van der Waals surface area contributed by atoms with Crippen molar-refractivity contribution < 1.29 is 18.7 Å². The van der Waals surface area contributed by atoms with Gasteiger partial charge in [0.2, 0.25) is 0 Å². The van der Waals surface area contributed by atoms with Crippen LogP contribution in [0.3, 0.4) is 0 Å². The molecule has 2 aromatic rings. The van der Waals surface area contributed by atoms with E-state index in [9.17, 15) is 9.18 Å². The lowest BCUT2D eigenvalue weighted by atomic mass is 10.2. The Labute approximate surface area is 139 Å². The van der Waals surface area contributed by atoms with Gasteiger partial charge >= 0.3 is 0 Å². The second-order valence-corrected chi connectivity index (χ2v) is 5.50. The van der Waals surface area contributed by atoms with Crippen molar-refractivity contribution in [3.63, 3.8) is 0 Å². The third kappa shape index (κ3) is 4.05. The number of halogens is 1.